The van der Waals surface area contributed by atoms with Gasteiger partial charge < -0.3 is 34.5 Å². The van der Waals surface area contributed by atoms with Crippen molar-refractivity contribution in [3.05, 3.63) is 21.7 Å². The minimum absolute atomic E-state index is 0.0569. The molecule has 4 fully saturated rings. The van der Waals surface area contributed by atoms with Crippen molar-refractivity contribution in [2.75, 3.05) is 19.6 Å². The number of ketones is 1. The van der Waals surface area contributed by atoms with E-state index in [0.29, 0.717) is 61.3 Å². The Morgan fingerprint density at radius 3 is 2.46 bits per heavy atom. The predicted molar refractivity (Wildman–Crippen MR) is 220 cm³/mol. The van der Waals surface area contributed by atoms with Crippen LogP contribution in [0.25, 0.3) is 6.08 Å². The number of esters is 2. The monoisotopic (exact) mass is 863 g/mol. The number of aliphatic hydroxyl groups excluding tert-OH is 2. The number of alkyl carbamates (subject to hydrolysis) is 1. The van der Waals surface area contributed by atoms with Gasteiger partial charge in [0.15, 0.2) is 0 Å². The van der Waals surface area contributed by atoms with Gasteiger partial charge >= 0.3 is 18.0 Å². The molecule has 1 aliphatic carbocycles. The molecule has 1 aromatic heterocycles. The lowest BCUT2D eigenvalue weighted by Gasteiger charge is -2.34. The maximum absolute atomic E-state index is 13.4. The van der Waals surface area contributed by atoms with Crippen LogP contribution >= 0.6 is 23.1 Å². The Morgan fingerprint density at radius 2 is 1.78 bits per heavy atom. The minimum Gasteiger partial charge on any atom is -0.458 e. The van der Waals surface area contributed by atoms with Crippen LogP contribution in [-0.4, -0.2) is 111 Å². The second-order valence-electron chi connectivity index (χ2n) is 17.5. The molecule has 5 rings (SSSR count). The van der Waals surface area contributed by atoms with Crippen molar-refractivity contribution in [3.8, 4) is 0 Å². The first kappa shape index (κ1) is 46.7. The predicted octanol–water partition coefficient (Wildman–Crippen LogP) is 5.19. The van der Waals surface area contributed by atoms with Gasteiger partial charge in [-0.3, -0.25) is 28.9 Å². The second kappa shape index (κ2) is 20.0. The normalized spacial score (nSPS) is 33.5. The van der Waals surface area contributed by atoms with Crippen LogP contribution in [0.1, 0.15) is 116 Å². The number of likely N-dealkylation sites (tertiary alicyclic amines) is 1. The van der Waals surface area contributed by atoms with Gasteiger partial charge in [-0.25, -0.2) is 9.78 Å². The van der Waals surface area contributed by atoms with Crippen molar-refractivity contribution in [1.82, 2.24) is 15.2 Å². The molecule has 8 atom stereocenters. The molecule has 0 aromatic carbocycles. The second-order valence-corrected chi connectivity index (χ2v) is 19.5. The number of thioether (sulfide) groups is 1. The summed E-state index contributed by atoms with van der Waals surface area (Å²) >= 11 is 2.70. The molecule has 4 heterocycles. The van der Waals surface area contributed by atoms with Crippen LogP contribution in [0.4, 0.5) is 4.79 Å². The Hall–Kier alpha value is -3.38. The molecular weight excluding hydrogens is 803 g/mol. The minimum atomic E-state index is -1.33. The van der Waals surface area contributed by atoms with Crippen LogP contribution in [0.5, 0.6) is 0 Å². The number of hydrogen-bond acceptors (Lipinski definition) is 15. The highest BCUT2D eigenvalue weighted by Crippen LogP contribution is 2.45. The molecule has 3 amide bonds. The lowest BCUT2D eigenvalue weighted by Crippen LogP contribution is -2.45. The Kier molecular flexibility index (Phi) is 15.8. The molecule has 3 N–H and O–H groups in total. The topological polar surface area (TPSA) is 211 Å². The van der Waals surface area contributed by atoms with E-state index in [4.69, 9.17) is 18.9 Å². The van der Waals surface area contributed by atoms with E-state index in [-0.39, 0.29) is 59.7 Å². The van der Waals surface area contributed by atoms with E-state index in [1.165, 1.54) is 28.0 Å². The lowest BCUT2D eigenvalue weighted by atomic mass is 9.73. The van der Waals surface area contributed by atoms with Gasteiger partial charge in [0, 0.05) is 30.7 Å². The molecule has 0 spiro atoms. The first-order valence-electron chi connectivity index (χ1n) is 20.7. The standard InChI is InChI=1S/C42H61N3O12S2/c1-23-9-8-14-42(6)32(57-42)16-29(56-35(48)18-31(46)41(4,5)37(50)25(3)36(23)49)24(2)15-28-21-59-33(44-28)19-43-40(53)55-22-54-39(52)27-12-10-26(11-13-27)20-45-34(47)17-30(58-7)38(45)51/h15,21,23,25-27,29-32,36,46,49H,8-14,16-20,22H2,1-7H3,(H,43,53)/b24-15+/t23-,25+,26?,27?,29-,30?,31-,32-,36-,42+/m0/s1. The molecule has 328 valence electrons. The number of epoxide rings is 1. The number of hydrogen-bond donors (Lipinski definition) is 3. The largest absolute Gasteiger partial charge is 0.458 e. The average molecular weight is 864 g/mol. The summed E-state index contributed by atoms with van der Waals surface area (Å²) in [5, 5.41) is 26.7. The third kappa shape index (κ3) is 11.9. The Labute approximate surface area is 354 Å². The van der Waals surface area contributed by atoms with Gasteiger partial charge in [-0.05, 0) is 82.1 Å². The number of ether oxygens (including phenoxy) is 4. The van der Waals surface area contributed by atoms with Gasteiger partial charge in [0.2, 0.25) is 18.6 Å². The molecule has 59 heavy (non-hydrogen) atoms. The molecule has 15 nitrogen and oxygen atoms in total. The van der Waals surface area contributed by atoms with Crippen molar-refractivity contribution in [2.24, 2.45) is 29.1 Å². The molecular formula is C42H61N3O12S2. The third-order valence-electron chi connectivity index (χ3n) is 12.7. The molecule has 4 aliphatic rings. The summed E-state index contributed by atoms with van der Waals surface area (Å²) in [5.74, 6) is -2.79. The SMILES string of the molecule is CSC1CC(=O)N(CC2CCC(C(=O)OCOC(=O)NCc3nc(/C=C(\C)[C@@H]4C[C@@H]5O[C@]5(C)CCC[C@H](C)[C@H](O)[C@@H](C)C(=O)C(C)(C)[C@@H](O)CC(=O)O4)cs3)CC2)C1=O. The number of aromatic nitrogens is 1. The molecule has 3 aliphatic heterocycles. The number of carbonyl (C=O) groups excluding carboxylic acids is 6. The zero-order chi connectivity index (χ0) is 43.2. The maximum atomic E-state index is 13.4. The number of aliphatic hydroxyl groups is 2. The van der Waals surface area contributed by atoms with E-state index < -0.39 is 66.5 Å². The number of Topliss-reactive ketones (excluding diaryl/α,β-unsaturated/α-hetero) is 1. The van der Waals surface area contributed by atoms with Crippen LogP contribution in [0.3, 0.4) is 0 Å². The van der Waals surface area contributed by atoms with E-state index in [1.807, 2.05) is 27.0 Å². The van der Waals surface area contributed by atoms with Crippen LogP contribution in [0.15, 0.2) is 11.0 Å². The average Bonchev–Trinajstić information content (AvgIpc) is 3.46. The van der Waals surface area contributed by atoms with E-state index in [0.717, 1.165) is 12.8 Å². The summed E-state index contributed by atoms with van der Waals surface area (Å²) in [6.45, 7) is 10.5. The zero-order valence-electron chi connectivity index (χ0n) is 35.2. The molecule has 1 saturated carbocycles. The van der Waals surface area contributed by atoms with Crippen molar-refractivity contribution in [3.63, 3.8) is 0 Å². The van der Waals surface area contributed by atoms with Crippen molar-refractivity contribution in [1.29, 1.82) is 0 Å². The van der Waals surface area contributed by atoms with Gasteiger partial charge in [0.05, 0.1) is 59.2 Å². The molecule has 1 unspecified atom stereocenters. The fraction of sp³-hybridized carbons (Fsp3) is 0.738. The number of thiazole rings is 1. The molecule has 1 aromatic rings. The summed E-state index contributed by atoms with van der Waals surface area (Å²) in [7, 11) is 0. The van der Waals surface area contributed by atoms with Gasteiger partial charge in [0.25, 0.3) is 0 Å². The number of fused-ring (bicyclic) bond motifs is 1. The summed E-state index contributed by atoms with van der Waals surface area (Å²) in [4.78, 5) is 82.4. The van der Waals surface area contributed by atoms with E-state index >= 15 is 0 Å². The number of rotatable bonds is 10. The summed E-state index contributed by atoms with van der Waals surface area (Å²) in [6, 6.07) is 0. The van der Waals surface area contributed by atoms with Crippen LogP contribution < -0.4 is 5.32 Å². The zero-order valence-corrected chi connectivity index (χ0v) is 36.9. The van der Waals surface area contributed by atoms with E-state index in [9.17, 15) is 39.0 Å². The quantitative estimate of drug-likeness (QED) is 0.120. The molecule has 0 bridgehead atoms. The number of nitrogens with one attached hydrogen (secondary N) is 1. The van der Waals surface area contributed by atoms with Gasteiger partial charge in [0.1, 0.15) is 16.9 Å². The van der Waals surface area contributed by atoms with Gasteiger partial charge in [-0.1, -0.05) is 34.1 Å². The Morgan fingerprint density at radius 1 is 1.07 bits per heavy atom. The maximum Gasteiger partial charge on any atom is 0.410 e. The van der Waals surface area contributed by atoms with Crippen molar-refractivity contribution < 1.29 is 57.9 Å². The summed E-state index contributed by atoms with van der Waals surface area (Å²) < 4.78 is 22.4. The third-order valence-corrected chi connectivity index (χ3v) is 14.5. The molecule has 17 heteroatoms. The number of amides is 3. The van der Waals surface area contributed by atoms with Gasteiger partial charge in [-0.2, -0.15) is 11.8 Å². The van der Waals surface area contributed by atoms with Crippen LogP contribution in [0.2, 0.25) is 0 Å². The lowest BCUT2D eigenvalue weighted by molar-refractivity contribution is -0.159. The van der Waals surface area contributed by atoms with Crippen LogP contribution in [-0.2, 0) is 49.5 Å². The highest BCUT2D eigenvalue weighted by molar-refractivity contribution is 8.00. The highest BCUT2D eigenvalue weighted by atomic mass is 32.2. The van der Waals surface area contributed by atoms with E-state index in [1.54, 1.807) is 32.2 Å². The number of imide groups is 1. The fourth-order valence-electron chi connectivity index (χ4n) is 8.42. The number of nitrogens with zero attached hydrogens (tertiary/aromatic N) is 2. The highest BCUT2D eigenvalue weighted by Gasteiger charge is 2.53. The van der Waals surface area contributed by atoms with E-state index in [2.05, 4.69) is 10.3 Å². The molecule has 3 saturated heterocycles. The first-order chi connectivity index (χ1) is 27.8. The summed E-state index contributed by atoms with van der Waals surface area (Å²) in [6.07, 6.45) is 4.69. The Balaban J connectivity index is 1.09. The smallest absolute Gasteiger partial charge is 0.410 e. The van der Waals surface area contributed by atoms with Crippen molar-refractivity contribution in [2.45, 2.75) is 148 Å². The Bertz CT molecular complexity index is 1740. The van der Waals surface area contributed by atoms with Crippen LogP contribution in [0, 0.1) is 29.1 Å². The fourth-order valence-corrected chi connectivity index (χ4v) is 9.75. The van der Waals surface area contributed by atoms with Crippen molar-refractivity contribution >= 4 is 64.8 Å². The summed E-state index contributed by atoms with van der Waals surface area (Å²) in [5.41, 5.74) is -0.426. The number of carbonyl (C=O) groups is 6. The molecule has 0 radical (unpaired) electrons. The number of cyclic esters (lactones) is 1. The first-order valence-corrected chi connectivity index (χ1v) is 22.8. The van der Waals surface area contributed by atoms with Gasteiger partial charge in [-0.15, -0.1) is 11.3 Å².